The van der Waals surface area contributed by atoms with Crippen LogP contribution in [0.5, 0.6) is 11.5 Å². The molecule has 154 valence electrons. The molecule has 1 aliphatic rings. The van der Waals surface area contributed by atoms with E-state index in [1.54, 1.807) is 18.2 Å². The van der Waals surface area contributed by atoms with Gasteiger partial charge in [0.2, 0.25) is 22.7 Å². The second-order valence-corrected chi connectivity index (χ2v) is 8.28. The zero-order chi connectivity index (χ0) is 21.2. The summed E-state index contributed by atoms with van der Waals surface area (Å²) in [5, 5.41) is 13.7. The number of non-ortho nitro benzene ring substituents is 1. The molecule has 29 heavy (non-hydrogen) atoms. The lowest BCUT2D eigenvalue weighted by atomic mass is 10.2. The van der Waals surface area contributed by atoms with Gasteiger partial charge in [-0.1, -0.05) is 12.1 Å². The van der Waals surface area contributed by atoms with E-state index in [2.05, 4.69) is 5.32 Å². The number of carbonyl (C=O) groups excluding carboxylic acids is 1. The summed E-state index contributed by atoms with van der Waals surface area (Å²) in [7, 11) is -3.88. The lowest BCUT2D eigenvalue weighted by molar-refractivity contribution is -0.384. The van der Waals surface area contributed by atoms with Crippen molar-refractivity contribution in [1.29, 1.82) is 0 Å². The molecule has 0 unspecified atom stereocenters. The van der Waals surface area contributed by atoms with Gasteiger partial charge in [-0.25, -0.2) is 8.42 Å². The number of hydrogen-bond acceptors (Lipinski definition) is 7. The molecule has 0 saturated heterocycles. The molecule has 0 saturated carbocycles. The Hall–Kier alpha value is -3.34. The Balaban J connectivity index is 1.77. The fourth-order valence-electron chi connectivity index (χ4n) is 2.94. The zero-order valence-corrected chi connectivity index (χ0v) is 16.5. The number of nitro benzene ring substituents is 1. The van der Waals surface area contributed by atoms with Crippen LogP contribution in [0.1, 0.15) is 12.5 Å². The number of benzene rings is 2. The molecule has 1 N–H and O–H groups in total. The molecule has 0 aliphatic carbocycles. The molecule has 1 atom stereocenters. The van der Waals surface area contributed by atoms with Gasteiger partial charge in [-0.3, -0.25) is 19.2 Å². The van der Waals surface area contributed by atoms with E-state index < -0.39 is 26.9 Å². The minimum atomic E-state index is -3.88. The summed E-state index contributed by atoms with van der Waals surface area (Å²) in [5.41, 5.74) is 0.507. The number of sulfonamides is 1. The predicted molar refractivity (Wildman–Crippen MR) is 104 cm³/mol. The highest BCUT2D eigenvalue weighted by Gasteiger charge is 2.30. The quantitative estimate of drug-likeness (QED) is 0.533. The van der Waals surface area contributed by atoms with Crippen molar-refractivity contribution in [2.75, 3.05) is 17.4 Å². The van der Waals surface area contributed by atoms with Crippen LogP contribution in [0.15, 0.2) is 42.5 Å². The van der Waals surface area contributed by atoms with Gasteiger partial charge in [-0.15, -0.1) is 0 Å². The summed E-state index contributed by atoms with van der Waals surface area (Å²) in [6.07, 6.45) is 0.938. The van der Waals surface area contributed by atoms with E-state index in [1.165, 1.54) is 25.1 Å². The maximum absolute atomic E-state index is 12.6. The molecule has 0 aromatic heterocycles. The molecule has 3 rings (SSSR count). The highest BCUT2D eigenvalue weighted by Crippen LogP contribution is 2.32. The SMILES string of the molecule is C[C@@H](C(=O)NCc1ccc2c(c1)OCO2)N(c1cccc([N+](=O)[O-])c1)S(C)(=O)=O. The molecule has 0 spiro atoms. The normalized spacial score (nSPS) is 13.6. The maximum Gasteiger partial charge on any atom is 0.271 e. The fourth-order valence-corrected chi connectivity index (χ4v) is 4.11. The molecule has 1 amide bonds. The number of fused-ring (bicyclic) bond motifs is 1. The Labute approximate surface area is 167 Å². The number of nitro groups is 1. The molecule has 2 aromatic rings. The number of nitrogens with zero attached hydrogens (tertiary/aromatic N) is 2. The number of carbonyl (C=O) groups is 1. The first-order valence-corrected chi connectivity index (χ1v) is 10.4. The molecular formula is C18H19N3O7S. The van der Waals surface area contributed by atoms with Gasteiger partial charge < -0.3 is 14.8 Å². The topological polar surface area (TPSA) is 128 Å². The van der Waals surface area contributed by atoms with Crippen LogP contribution < -0.4 is 19.1 Å². The van der Waals surface area contributed by atoms with Gasteiger partial charge in [0.15, 0.2) is 11.5 Å². The third-order valence-electron chi connectivity index (χ3n) is 4.29. The molecule has 11 heteroatoms. The van der Waals surface area contributed by atoms with Gasteiger partial charge in [-0.2, -0.15) is 0 Å². The third kappa shape index (κ3) is 4.57. The molecular weight excluding hydrogens is 402 g/mol. The van der Waals surface area contributed by atoms with Crippen LogP contribution in [0.2, 0.25) is 0 Å². The van der Waals surface area contributed by atoms with Crippen LogP contribution in [-0.2, 0) is 21.4 Å². The van der Waals surface area contributed by atoms with Crippen LogP contribution >= 0.6 is 0 Å². The number of amides is 1. The first-order chi connectivity index (χ1) is 13.7. The number of nitrogens with one attached hydrogen (secondary N) is 1. The monoisotopic (exact) mass is 421 g/mol. The van der Waals surface area contributed by atoms with E-state index in [-0.39, 0.29) is 24.7 Å². The van der Waals surface area contributed by atoms with Gasteiger partial charge >= 0.3 is 0 Å². The predicted octanol–water partition coefficient (Wildman–Crippen LogP) is 1.79. The van der Waals surface area contributed by atoms with Crippen molar-refractivity contribution in [3.63, 3.8) is 0 Å². The minimum absolute atomic E-state index is 0.0347. The van der Waals surface area contributed by atoms with E-state index in [1.807, 2.05) is 0 Å². The molecule has 0 fully saturated rings. The summed E-state index contributed by atoms with van der Waals surface area (Å²) in [6, 6.07) is 9.20. The molecule has 1 heterocycles. The van der Waals surface area contributed by atoms with Crippen molar-refractivity contribution < 1.29 is 27.6 Å². The van der Waals surface area contributed by atoms with Crippen molar-refractivity contribution in [2.45, 2.75) is 19.5 Å². The lowest BCUT2D eigenvalue weighted by Crippen LogP contribution is -2.47. The van der Waals surface area contributed by atoms with Crippen molar-refractivity contribution in [1.82, 2.24) is 5.32 Å². The van der Waals surface area contributed by atoms with Gasteiger partial charge in [0, 0.05) is 18.7 Å². The number of ether oxygens (including phenoxy) is 2. The largest absolute Gasteiger partial charge is 0.454 e. The van der Waals surface area contributed by atoms with Gasteiger partial charge in [-0.05, 0) is 30.7 Å². The second-order valence-electron chi connectivity index (χ2n) is 6.42. The molecule has 10 nitrogen and oxygen atoms in total. The number of anilines is 1. The van der Waals surface area contributed by atoms with Crippen LogP contribution in [0.4, 0.5) is 11.4 Å². The first kappa shape index (κ1) is 20.4. The summed E-state index contributed by atoms with van der Waals surface area (Å²) in [5.74, 6) is 0.626. The van der Waals surface area contributed by atoms with Crippen LogP contribution in [0.3, 0.4) is 0 Å². The van der Waals surface area contributed by atoms with E-state index in [9.17, 15) is 23.3 Å². The minimum Gasteiger partial charge on any atom is -0.454 e. The van der Waals surface area contributed by atoms with Crippen LogP contribution in [-0.4, -0.2) is 38.3 Å². The zero-order valence-electron chi connectivity index (χ0n) is 15.7. The first-order valence-electron chi connectivity index (χ1n) is 8.57. The fraction of sp³-hybridized carbons (Fsp3) is 0.278. The van der Waals surface area contributed by atoms with E-state index in [0.717, 1.165) is 22.2 Å². The average Bonchev–Trinajstić information content (AvgIpc) is 3.13. The van der Waals surface area contributed by atoms with E-state index in [0.29, 0.717) is 11.5 Å². The van der Waals surface area contributed by atoms with Crippen molar-refractivity contribution >= 4 is 27.3 Å². The summed E-state index contributed by atoms with van der Waals surface area (Å²) in [6.45, 7) is 1.69. The van der Waals surface area contributed by atoms with Crippen LogP contribution in [0, 0.1) is 10.1 Å². The van der Waals surface area contributed by atoms with Gasteiger partial charge in [0.1, 0.15) is 6.04 Å². The maximum atomic E-state index is 12.6. The average molecular weight is 421 g/mol. The lowest BCUT2D eigenvalue weighted by Gasteiger charge is -2.28. The molecule has 1 aliphatic heterocycles. The highest BCUT2D eigenvalue weighted by molar-refractivity contribution is 7.92. The third-order valence-corrected chi connectivity index (χ3v) is 5.53. The standard InChI is InChI=1S/C18H19N3O7S/c1-12(18(22)19-10-13-6-7-16-17(8-13)28-11-27-16)20(29(2,25)26)14-4-3-5-15(9-14)21(23)24/h3-9,12H,10-11H2,1-2H3,(H,19,22)/t12-/m0/s1. The van der Waals surface area contributed by atoms with Gasteiger partial charge in [0.25, 0.3) is 5.69 Å². The van der Waals surface area contributed by atoms with E-state index in [4.69, 9.17) is 9.47 Å². The number of hydrogen-bond donors (Lipinski definition) is 1. The molecule has 0 bridgehead atoms. The summed E-state index contributed by atoms with van der Waals surface area (Å²) < 4.78 is 36.0. The van der Waals surface area contributed by atoms with E-state index >= 15 is 0 Å². The highest BCUT2D eigenvalue weighted by atomic mass is 32.2. The van der Waals surface area contributed by atoms with Crippen molar-refractivity contribution in [3.8, 4) is 11.5 Å². The Morgan fingerprint density at radius 2 is 1.97 bits per heavy atom. The smallest absolute Gasteiger partial charge is 0.271 e. The summed E-state index contributed by atoms with van der Waals surface area (Å²) in [4.78, 5) is 23.0. The Bertz CT molecular complexity index is 1060. The Morgan fingerprint density at radius 1 is 1.24 bits per heavy atom. The Kier molecular flexibility index (Phi) is 5.59. The molecule has 0 radical (unpaired) electrons. The number of rotatable bonds is 7. The summed E-state index contributed by atoms with van der Waals surface area (Å²) >= 11 is 0. The Morgan fingerprint density at radius 3 is 2.66 bits per heavy atom. The van der Waals surface area contributed by atoms with Crippen molar-refractivity contribution in [2.24, 2.45) is 0 Å². The second kappa shape index (κ2) is 7.95. The van der Waals surface area contributed by atoms with Crippen molar-refractivity contribution in [3.05, 3.63) is 58.1 Å². The van der Waals surface area contributed by atoms with Crippen LogP contribution in [0.25, 0.3) is 0 Å². The molecule has 2 aromatic carbocycles. The van der Waals surface area contributed by atoms with Gasteiger partial charge in [0.05, 0.1) is 16.9 Å².